The molecule has 0 amide bonds. The molecular formula is C19H40O. The maximum Gasteiger partial charge on any atom is 0.0657 e. The Morgan fingerprint density at radius 2 is 1.50 bits per heavy atom. The highest BCUT2D eigenvalue weighted by Crippen LogP contribution is 2.30. The van der Waals surface area contributed by atoms with Gasteiger partial charge in [0.15, 0.2) is 0 Å². The van der Waals surface area contributed by atoms with E-state index in [9.17, 15) is 0 Å². The van der Waals surface area contributed by atoms with Gasteiger partial charge in [-0.15, -0.1) is 0 Å². The van der Waals surface area contributed by atoms with Crippen molar-refractivity contribution in [3.8, 4) is 0 Å². The molecule has 0 aliphatic rings. The Balaban J connectivity index is -0.000000320. The lowest BCUT2D eigenvalue weighted by molar-refractivity contribution is -0.0374. The minimum absolute atomic E-state index is 0. The van der Waals surface area contributed by atoms with Crippen molar-refractivity contribution in [3.63, 3.8) is 0 Å². The van der Waals surface area contributed by atoms with Crippen LogP contribution in [0, 0.1) is 0 Å². The topological polar surface area (TPSA) is 9.23 Å². The SMILES string of the molecule is C.C.C.C.CCOC(C)(CC)CC(C)c1ccccc1. The highest BCUT2D eigenvalue weighted by molar-refractivity contribution is 5.19. The molecule has 0 aromatic heterocycles. The van der Waals surface area contributed by atoms with E-state index >= 15 is 0 Å². The Morgan fingerprint density at radius 3 is 1.90 bits per heavy atom. The van der Waals surface area contributed by atoms with Crippen LogP contribution in [0.25, 0.3) is 0 Å². The predicted octanol–water partition coefficient (Wildman–Crippen LogP) is 6.93. The summed E-state index contributed by atoms with van der Waals surface area (Å²) in [7, 11) is 0. The summed E-state index contributed by atoms with van der Waals surface area (Å²) in [5.41, 5.74) is 1.42. The fourth-order valence-corrected chi connectivity index (χ4v) is 2.20. The third-order valence-corrected chi connectivity index (χ3v) is 3.35. The first kappa shape index (κ1) is 27.5. The van der Waals surface area contributed by atoms with Crippen LogP contribution in [0.5, 0.6) is 0 Å². The fraction of sp³-hybridized carbons (Fsp3) is 0.684. The molecule has 0 heterocycles. The quantitative estimate of drug-likeness (QED) is 0.550. The summed E-state index contributed by atoms with van der Waals surface area (Å²) in [6.07, 6.45) is 2.15. The molecule has 20 heavy (non-hydrogen) atoms. The fourth-order valence-electron chi connectivity index (χ4n) is 2.20. The first-order valence-corrected chi connectivity index (χ1v) is 6.30. The normalized spacial score (nSPS) is 13.4. The summed E-state index contributed by atoms with van der Waals surface area (Å²) in [5, 5.41) is 0. The Hall–Kier alpha value is -0.820. The predicted molar refractivity (Wildman–Crippen MR) is 96.7 cm³/mol. The minimum atomic E-state index is 0. The summed E-state index contributed by atoms with van der Waals surface area (Å²) in [4.78, 5) is 0. The molecule has 0 saturated carbocycles. The van der Waals surface area contributed by atoms with Crippen molar-refractivity contribution in [3.05, 3.63) is 35.9 Å². The molecule has 0 saturated heterocycles. The van der Waals surface area contributed by atoms with Gasteiger partial charge in [-0.1, -0.05) is 73.9 Å². The molecule has 0 radical (unpaired) electrons. The second kappa shape index (κ2) is 13.2. The molecule has 0 aliphatic heterocycles. The molecule has 2 unspecified atom stereocenters. The lowest BCUT2D eigenvalue weighted by Gasteiger charge is -2.31. The average Bonchev–Trinajstić information content (AvgIpc) is 2.30. The lowest BCUT2D eigenvalue weighted by atomic mass is 9.86. The number of ether oxygens (including phenoxy) is 1. The highest BCUT2D eigenvalue weighted by atomic mass is 16.5. The standard InChI is InChI=1S/C15H24O.4CH4/c1-5-15(4,16-6-2)12-13(3)14-10-8-7-9-11-14;;;;/h7-11,13H,5-6,12H2,1-4H3;4*1H4. The van der Waals surface area contributed by atoms with E-state index in [1.807, 2.05) is 0 Å². The summed E-state index contributed by atoms with van der Waals surface area (Å²) in [6, 6.07) is 10.7. The van der Waals surface area contributed by atoms with Crippen LogP contribution in [0.1, 0.15) is 81.7 Å². The van der Waals surface area contributed by atoms with Crippen molar-refractivity contribution in [1.82, 2.24) is 0 Å². The van der Waals surface area contributed by atoms with E-state index in [1.165, 1.54) is 5.56 Å². The van der Waals surface area contributed by atoms with Gasteiger partial charge in [0.1, 0.15) is 0 Å². The van der Waals surface area contributed by atoms with Crippen LogP contribution in [0.3, 0.4) is 0 Å². The highest BCUT2D eigenvalue weighted by Gasteiger charge is 2.25. The van der Waals surface area contributed by atoms with Gasteiger partial charge in [-0.3, -0.25) is 0 Å². The molecule has 1 aromatic carbocycles. The average molecular weight is 285 g/mol. The molecule has 122 valence electrons. The van der Waals surface area contributed by atoms with Gasteiger partial charge < -0.3 is 4.74 Å². The second-order valence-corrected chi connectivity index (χ2v) is 4.75. The van der Waals surface area contributed by atoms with Crippen LogP contribution < -0.4 is 0 Å². The number of rotatable bonds is 6. The van der Waals surface area contributed by atoms with Crippen molar-refractivity contribution >= 4 is 0 Å². The van der Waals surface area contributed by atoms with Gasteiger partial charge in [-0.05, 0) is 38.2 Å². The van der Waals surface area contributed by atoms with Crippen molar-refractivity contribution in [2.75, 3.05) is 6.61 Å². The molecule has 1 rings (SSSR count). The second-order valence-electron chi connectivity index (χ2n) is 4.75. The summed E-state index contributed by atoms with van der Waals surface area (Å²) in [6.45, 7) is 9.57. The Bertz CT molecular complexity index is 294. The van der Waals surface area contributed by atoms with Crippen LogP contribution in [0.15, 0.2) is 30.3 Å². The zero-order chi connectivity index (χ0) is 12.0. The molecule has 1 heteroatoms. The summed E-state index contributed by atoms with van der Waals surface area (Å²) < 4.78 is 5.87. The van der Waals surface area contributed by atoms with Gasteiger partial charge in [-0.25, -0.2) is 0 Å². The van der Waals surface area contributed by atoms with E-state index in [0.29, 0.717) is 5.92 Å². The van der Waals surface area contributed by atoms with Crippen LogP contribution >= 0.6 is 0 Å². The zero-order valence-electron chi connectivity index (χ0n) is 11.0. The molecule has 0 aliphatic carbocycles. The molecule has 1 nitrogen and oxygen atoms in total. The van der Waals surface area contributed by atoms with E-state index in [4.69, 9.17) is 4.74 Å². The maximum atomic E-state index is 5.87. The largest absolute Gasteiger partial charge is 0.376 e. The van der Waals surface area contributed by atoms with E-state index in [1.54, 1.807) is 0 Å². The smallest absolute Gasteiger partial charge is 0.0657 e. The number of hydrogen-bond acceptors (Lipinski definition) is 1. The van der Waals surface area contributed by atoms with Crippen molar-refractivity contribution in [2.45, 2.75) is 81.8 Å². The van der Waals surface area contributed by atoms with Crippen LogP contribution in [0.2, 0.25) is 0 Å². The third kappa shape index (κ3) is 8.37. The maximum absolute atomic E-state index is 5.87. The van der Waals surface area contributed by atoms with E-state index in [2.05, 4.69) is 58.0 Å². The Kier molecular flexibility index (Phi) is 18.1. The van der Waals surface area contributed by atoms with E-state index in [0.717, 1.165) is 19.4 Å². The minimum Gasteiger partial charge on any atom is -0.376 e. The van der Waals surface area contributed by atoms with Gasteiger partial charge in [-0.2, -0.15) is 0 Å². The molecule has 0 bridgehead atoms. The van der Waals surface area contributed by atoms with Crippen LogP contribution in [0.4, 0.5) is 0 Å². The van der Waals surface area contributed by atoms with E-state index < -0.39 is 0 Å². The molecule has 0 fully saturated rings. The number of benzene rings is 1. The van der Waals surface area contributed by atoms with Crippen molar-refractivity contribution in [1.29, 1.82) is 0 Å². The first-order valence-electron chi connectivity index (χ1n) is 6.30. The Labute approximate surface area is 129 Å². The molecule has 1 aromatic rings. The van der Waals surface area contributed by atoms with Gasteiger partial charge in [0.05, 0.1) is 5.60 Å². The van der Waals surface area contributed by atoms with Gasteiger partial charge in [0.2, 0.25) is 0 Å². The summed E-state index contributed by atoms with van der Waals surface area (Å²) >= 11 is 0. The van der Waals surface area contributed by atoms with Crippen molar-refractivity contribution in [2.24, 2.45) is 0 Å². The van der Waals surface area contributed by atoms with Crippen LogP contribution in [-0.2, 0) is 4.74 Å². The zero-order valence-corrected chi connectivity index (χ0v) is 11.0. The molecule has 0 N–H and O–H groups in total. The van der Waals surface area contributed by atoms with E-state index in [-0.39, 0.29) is 35.3 Å². The van der Waals surface area contributed by atoms with Crippen LogP contribution in [-0.4, -0.2) is 12.2 Å². The van der Waals surface area contributed by atoms with Gasteiger partial charge >= 0.3 is 0 Å². The summed E-state index contributed by atoms with van der Waals surface area (Å²) in [5.74, 6) is 0.553. The van der Waals surface area contributed by atoms with Crippen molar-refractivity contribution < 1.29 is 4.74 Å². The molecular weight excluding hydrogens is 244 g/mol. The number of hydrogen-bond donors (Lipinski definition) is 0. The third-order valence-electron chi connectivity index (χ3n) is 3.35. The molecule has 0 spiro atoms. The Morgan fingerprint density at radius 1 is 1.00 bits per heavy atom. The molecule has 2 atom stereocenters. The van der Waals surface area contributed by atoms with Gasteiger partial charge in [0, 0.05) is 6.61 Å². The monoisotopic (exact) mass is 284 g/mol. The van der Waals surface area contributed by atoms with Gasteiger partial charge in [0.25, 0.3) is 0 Å². The first-order chi connectivity index (χ1) is 7.61. The lowest BCUT2D eigenvalue weighted by Crippen LogP contribution is -2.29.